The Hall–Kier alpha value is -1.44. The Bertz CT molecular complexity index is 543. The van der Waals surface area contributed by atoms with Gasteiger partial charge < -0.3 is 24.5 Å². The predicted molar refractivity (Wildman–Crippen MR) is 82.7 cm³/mol. The first-order chi connectivity index (χ1) is 11.0. The highest BCUT2D eigenvalue weighted by molar-refractivity contribution is 5.92. The van der Waals surface area contributed by atoms with Crippen molar-refractivity contribution in [2.45, 2.75) is 44.9 Å². The molecule has 2 fully saturated rings. The second-order valence-corrected chi connectivity index (χ2v) is 6.38. The molecular weight excluding hydrogens is 298 g/mol. The van der Waals surface area contributed by atoms with Crippen LogP contribution in [0.4, 0.5) is 0 Å². The quantitative estimate of drug-likeness (QED) is 0.907. The zero-order valence-electron chi connectivity index (χ0n) is 13.8. The number of carbonyl (C=O) groups is 1. The number of rotatable bonds is 4. The number of oxazole rings is 1. The number of ether oxygens (including phenoxy) is 2. The van der Waals surface area contributed by atoms with Crippen LogP contribution in [0.5, 0.6) is 0 Å². The highest BCUT2D eigenvalue weighted by Crippen LogP contribution is 2.31. The summed E-state index contributed by atoms with van der Waals surface area (Å²) >= 11 is 0. The van der Waals surface area contributed by atoms with Gasteiger partial charge in [-0.05, 0) is 5.92 Å². The van der Waals surface area contributed by atoms with E-state index in [-0.39, 0.29) is 17.9 Å². The Labute approximate surface area is 136 Å². The summed E-state index contributed by atoms with van der Waals surface area (Å²) in [5.41, 5.74) is 6.43. The number of hydrogen-bond donors (Lipinski definition) is 1. The van der Waals surface area contributed by atoms with Gasteiger partial charge in [0.05, 0.1) is 19.3 Å². The fourth-order valence-corrected chi connectivity index (χ4v) is 3.03. The van der Waals surface area contributed by atoms with E-state index >= 15 is 0 Å². The van der Waals surface area contributed by atoms with Crippen LogP contribution in [0.1, 0.15) is 55.5 Å². The first-order valence-corrected chi connectivity index (χ1v) is 8.33. The van der Waals surface area contributed by atoms with Gasteiger partial charge in [0.25, 0.3) is 5.91 Å². The van der Waals surface area contributed by atoms with Crippen molar-refractivity contribution in [2.75, 3.05) is 26.3 Å². The van der Waals surface area contributed by atoms with Gasteiger partial charge in [0.1, 0.15) is 6.26 Å². The van der Waals surface area contributed by atoms with Crippen molar-refractivity contribution < 1.29 is 18.7 Å². The maximum atomic E-state index is 12.6. The zero-order valence-corrected chi connectivity index (χ0v) is 13.8. The predicted octanol–water partition coefficient (Wildman–Crippen LogP) is 1.70. The van der Waals surface area contributed by atoms with Gasteiger partial charge in [0, 0.05) is 25.9 Å². The average Bonchev–Trinajstić information content (AvgIpc) is 3.23. The summed E-state index contributed by atoms with van der Waals surface area (Å²) in [5.74, 6) is 0.0796. The molecule has 0 bridgehead atoms. The summed E-state index contributed by atoms with van der Waals surface area (Å²) in [6.45, 7) is 6.57. The van der Waals surface area contributed by atoms with Crippen LogP contribution >= 0.6 is 0 Å². The molecule has 1 amide bonds. The molecule has 2 aliphatic heterocycles. The van der Waals surface area contributed by atoms with Crippen molar-refractivity contribution in [3.05, 3.63) is 17.8 Å². The van der Waals surface area contributed by atoms with Gasteiger partial charge in [-0.15, -0.1) is 0 Å². The number of nitrogens with two attached hydrogens (primary N) is 1. The minimum absolute atomic E-state index is 0.121. The smallest absolute Gasteiger partial charge is 0.275 e. The van der Waals surface area contributed by atoms with Gasteiger partial charge in [-0.25, -0.2) is 4.98 Å². The lowest BCUT2D eigenvalue weighted by molar-refractivity contribution is -0.181. The van der Waals surface area contributed by atoms with Crippen molar-refractivity contribution >= 4 is 5.91 Å². The summed E-state index contributed by atoms with van der Waals surface area (Å²) in [6.07, 6.45) is 3.72. The molecule has 1 spiro atoms. The highest BCUT2D eigenvalue weighted by Gasteiger charge is 2.41. The summed E-state index contributed by atoms with van der Waals surface area (Å²) in [7, 11) is 0. The Balaban J connectivity index is 1.62. The lowest BCUT2D eigenvalue weighted by Gasteiger charge is -2.37. The van der Waals surface area contributed by atoms with E-state index in [1.807, 2.05) is 6.92 Å². The van der Waals surface area contributed by atoms with E-state index in [1.54, 1.807) is 4.90 Å². The van der Waals surface area contributed by atoms with Crippen LogP contribution < -0.4 is 5.73 Å². The van der Waals surface area contributed by atoms with Crippen molar-refractivity contribution in [3.63, 3.8) is 0 Å². The fraction of sp³-hybridized carbons (Fsp3) is 0.750. The Morgan fingerprint density at radius 3 is 2.65 bits per heavy atom. The van der Waals surface area contributed by atoms with Crippen LogP contribution in [0.25, 0.3) is 0 Å². The van der Waals surface area contributed by atoms with Gasteiger partial charge in [0.2, 0.25) is 5.89 Å². The van der Waals surface area contributed by atoms with E-state index in [4.69, 9.17) is 19.6 Å². The number of carbonyl (C=O) groups excluding carboxylic acids is 1. The molecular formula is C16H25N3O4. The maximum Gasteiger partial charge on any atom is 0.275 e. The van der Waals surface area contributed by atoms with Crippen LogP contribution in [0.15, 0.2) is 10.7 Å². The molecule has 3 rings (SSSR count). The molecule has 0 saturated carbocycles. The number of likely N-dealkylation sites (tertiary alicyclic amines) is 1. The lowest BCUT2D eigenvalue weighted by Crippen LogP contribution is -2.47. The van der Waals surface area contributed by atoms with Crippen LogP contribution in [-0.2, 0) is 9.47 Å². The molecule has 0 aliphatic carbocycles. The molecule has 2 N–H and O–H groups in total. The average molecular weight is 323 g/mol. The maximum absolute atomic E-state index is 12.6. The van der Waals surface area contributed by atoms with E-state index in [0.29, 0.717) is 50.7 Å². The van der Waals surface area contributed by atoms with Crippen molar-refractivity contribution in [1.82, 2.24) is 9.88 Å². The van der Waals surface area contributed by atoms with Crippen LogP contribution in [-0.4, -0.2) is 47.9 Å². The molecule has 3 heterocycles. The minimum Gasteiger partial charge on any atom is -0.446 e. The summed E-state index contributed by atoms with van der Waals surface area (Å²) in [4.78, 5) is 18.6. The van der Waals surface area contributed by atoms with Gasteiger partial charge in [0.15, 0.2) is 11.5 Å². The molecule has 23 heavy (non-hydrogen) atoms. The minimum atomic E-state index is -0.481. The highest BCUT2D eigenvalue weighted by atomic mass is 16.7. The Morgan fingerprint density at radius 2 is 2.04 bits per heavy atom. The van der Waals surface area contributed by atoms with Crippen molar-refractivity contribution in [2.24, 2.45) is 11.7 Å². The number of nitrogens with zero attached hydrogens (tertiary/aromatic N) is 2. The first kappa shape index (κ1) is 16.4. The Kier molecular flexibility index (Phi) is 4.70. The topological polar surface area (TPSA) is 90.8 Å². The van der Waals surface area contributed by atoms with Gasteiger partial charge in [-0.3, -0.25) is 4.79 Å². The molecule has 0 aromatic carbocycles. The van der Waals surface area contributed by atoms with E-state index in [2.05, 4.69) is 11.9 Å². The fourth-order valence-electron chi connectivity index (χ4n) is 3.03. The van der Waals surface area contributed by atoms with Crippen molar-refractivity contribution in [3.8, 4) is 0 Å². The second-order valence-electron chi connectivity index (χ2n) is 6.38. The van der Waals surface area contributed by atoms with Gasteiger partial charge >= 0.3 is 0 Å². The molecule has 2 atom stereocenters. The molecule has 7 heteroatoms. The van der Waals surface area contributed by atoms with Crippen LogP contribution in [0.3, 0.4) is 0 Å². The molecule has 2 unspecified atom stereocenters. The molecule has 2 aliphatic rings. The SMILES string of the molecule is CCC(C)C(N)c1nc(C(=O)N2CCC3(CC2)OCCO3)co1. The summed E-state index contributed by atoms with van der Waals surface area (Å²) < 4.78 is 16.8. The molecule has 0 radical (unpaired) electrons. The largest absolute Gasteiger partial charge is 0.446 e. The third kappa shape index (κ3) is 3.27. The third-order valence-corrected chi connectivity index (χ3v) is 4.91. The molecule has 7 nitrogen and oxygen atoms in total. The van der Waals surface area contributed by atoms with Crippen molar-refractivity contribution in [1.29, 1.82) is 0 Å². The molecule has 128 valence electrons. The number of hydrogen-bond acceptors (Lipinski definition) is 6. The third-order valence-electron chi connectivity index (χ3n) is 4.91. The normalized spacial score (nSPS) is 23.2. The van der Waals surface area contributed by atoms with E-state index in [0.717, 1.165) is 6.42 Å². The van der Waals surface area contributed by atoms with Crippen LogP contribution in [0, 0.1) is 5.92 Å². The van der Waals surface area contributed by atoms with Gasteiger partial charge in [-0.2, -0.15) is 0 Å². The summed E-state index contributed by atoms with van der Waals surface area (Å²) in [5, 5.41) is 0. The first-order valence-electron chi connectivity index (χ1n) is 8.33. The lowest BCUT2D eigenvalue weighted by atomic mass is 10.0. The number of amides is 1. The molecule has 1 aromatic heterocycles. The zero-order chi connectivity index (χ0) is 16.4. The standard InChI is InChI=1S/C16H25N3O4/c1-3-11(2)13(17)14-18-12(10-21-14)15(20)19-6-4-16(5-7-19)22-8-9-23-16/h10-11,13H,3-9,17H2,1-2H3. The molecule has 1 aromatic rings. The van der Waals surface area contributed by atoms with E-state index in [9.17, 15) is 4.79 Å². The summed E-state index contributed by atoms with van der Waals surface area (Å²) in [6, 6.07) is -0.286. The van der Waals surface area contributed by atoms with Gasteiger partial charge in [-0.1, -0.05) is 20.3 Å². The van der Waals surface area contributed by atoms with E-state index < -0.39 is 5.79 Å². The monoisotopic (exact) mass is 323 g/mol. The van der Waals surface area contributed by atoms with E-state index in [1.165, 1.54) is 6.26 Å². The second kappa shape index (κ2) is 6.59. The Morgan fingerprint density at radius 1 is 1.39 bits per heavy atom. The molecule has 2 saturated heterocycles. The van der Waals surface area contributed by atoms with Crippen LogP contribution in [0.2, 0.25) is 0 Å². The number of aromatic nitrogens is 1. The number of piperidine rings is 1.